The molecule has 5 atom stereocenters. The molecule has 3 fully saturated rings. The molecule has 2 saturated carbocycles. The third-order valence-electron chi connectivity index (χ3n) is 9.47. The first kappa shape index (κ1) is 40.9. The SMILES string of the molecule is C=C[C@@H]1C[C@]1(NC(=O)C1C[C@@H](OC(=O)N2Cc3cccc(F)c3C2)CN1C(=O)[C@H](COC(=O)/C=C/C=C/C)NC(=O)OC(C)(C)C)C(=O)NS(=O)(=O)C1CC1. The predicted octanol–water partition coefficient (Wildman–Crippen LogP) is 2.49. The Hall–Kier alpha value is -5.26. The zero-order valence-electron chi connectivity index (χ0n) is 31.0. The molecule has 1 unspecified atom stereocenters. The van der Waals surface area contributed by atoms with Crippen LogP contribution < -0.4 is 15.4 Å². The number of hydrogen-bond acceptors (Lipinski definition) is 11. The number of rotatable bonds is 13. The summed E-state index contributed by atoms with van der Waals surface area (Å²) in [6.45, 7) is 9.15. The van der Waals surface area contributed by atoms with E-state index in [1.54, 1.807) is 45.9 Å². The molecule has 0 aromatic heterocycles. The highest BCUT2D eigenvalue weighted by Crippen LogP contribution is 2.45. The van der Waals surface area contributed by atoms with Crippen LogP contribution >= 0.6 is 0 Å². The van der Waals surface area contributed by atoms with Crippen molar-refractivity contribution >= 4 is 45.9 Å². The van der Waals surface area contributed by atoms with Crippen LogP contribution in [-0.4, -0.2) is 102 Å². The molecule has 1 aromatic carbocycles. The summed E-state index contributed by atoms with van der Waals surface area (Å²) in [5.41, 5.74) is -1.75. The number of halogens is 1. The number of allylic oxidation sites excluding steroid dienone is 3. The van der Waals surface area contributed by atoms with E-state index in [1.165, 1.54) is 29.2 Å². The van der Waals surface area contributed by atoms with Crippen LogP contribution in [0.2, 0.25) is 0 Å². The maximum atomic E-state index is 14.4. The van der Waals surface area contributed by atoms with E-state index in [9.17, 15) is 41.6 Å². The molecular formula is C37H46FN5O11S. The van der Waals surface area contributed by atoms with Crippen LogP contribution in [0.25, 0.3) is 0 Å². The smallest absolute Gasteiger partial charge is 0.410 e. The van der Waals surface area contributed by atoms with Gasteiger partial charge in [-0.05, 0) is 58.6 Å². The second-order valence-electron chi connectivity index (χ2n) is 14.9. The lowest BCUT2D eigenvalue weighted by Crippen LogP contribution is -2.59. The lowest BCUT2D eigenvalue weighted by atomic mass is 10.1. The summed E-state index contributed by atoms with van der Waals surface area (Å²) >= 11 is 0. The molecule has 18 heteroatoms. The third-order valence-corrected chi connectivity index (χ3v) is 11.3. The first-order chi connectivity index (χ1) is 25.9. The molecule has 3 N–H and O–H groups in total. The molecular weight excluding hydrogens is 741 g/mol. The van der Waals surface area contributed by atoms with Gasteiger partial charge in [0, 0.05) is 30.5 Å². The number of benzene rings is 1. The second kappa shape index (κ2) is 16.2. The van der Waals surface area contributed by atoms with Crippen LogP contribution in [0.4, 0.5) is 14.0 Å². The van der Waals surface area contributed by atoms with Crippen molar-refractivity contribution in [1.29, 1.82) is 0 Å². The van der Waals surface area contributed by atoms with Crippen molar-refractivity contribution in [2.45, 2.75) is 101 Å². The summed E-state index contributed by atoms with van der Waals surface area (Å²) in [4.78, 5) is 82.8. The van der Waals surface area contributed by atoms with Crippen LogP contribution in [0.5, 0.6) is 0 Å². The van der Waals surface area contributed by atoms with Gasteiger partial charge in [-0.3, -0.25) is 24.0 Å². The molecule has 2 heterocycles. The minimum absolute atomic E-state index is 0.0267. The van der Waals surface area contributed by atoms with Gasteiger partial charge in [0.2, 0.25) is 21.8 Å². The maximum absolute atomic E-state index is 14.4. The number of nitrogens with zero attached hydrogens (tertiary/aromatic N) is 2. The van der Waals surface area contributed by atoms with Gasteiger partial charge in [0.05, 0.1) is 18.3 Å². The van der Waals surface area contributed by atoms with Gasteiger partial charge in [-0.1, -0.05) is 36.4 Å². The minimum atomic E-state index is -3.99. The zero-order valence-corrected chi connectivity index (χ0v) is 31.9. The Morgan fingerprint density at radius 3 is 2.45 bits per heavy atom. The van der Waals surface area contributed by atoms with E-state index in [4.69, 9.17) is 14.2 Å². The molecule has 1 saturated heterocycles. The standard InChI is InChI=1S/C37H46FN5O11S/c1-6-8-9-13-30(44)52-21-28(39-34(48)54-36(3,4)5)32(46)43-19-24(53-35(49)42-18-22-11-10-12-27(38)26(22)20-42)16-29(43)31(45)40-37(17-23(37)7-2)33(47)41-55(50,51)25-14-15-25/h6-13,23-25,28-29H,2,14-21H2,1,3-5H3,(H,39,48)(H,40,45)(H,41,47)/b8-6+,13-9+/t23-,24-,28+,29?,37-/m1/s1. The first-order valence-electron chi connectivity index (χ1n) is 17.9. The summed E-state index contributed by atoms with van der Waals surface area (Å²) in [5.74, 6) is -4.72. The van der Waals surface area contributed by atoms with Gasteiger partial charge in [-0.2, -0.15) is 0 Å². The van der Waals surface area contributed by atoms with Crippen LogP contribution in [0, 0.1) is 11.7 Å². The van der Waals surface area contributed by atoms with Crippen LogP contribution in [0.3, 0.4) is 0 Å². The molecule has 1 aromatic rings. The monoisotopic (exact) mass is 787 g/mol. The lowest BCUT2D eigenvalue weighted by Gasteiger charge is -2.30. The van der Waals surface area contributed by atoms with E-state index >= 15 is 0 Å². The van der Waals surface area contributed by atoms with Gasteiger partial charge in [-0.15, -0.1) is 6.58 Å². The second-order valence-corrected chi connectivity index (χ2v) is 16.8. The highest BCUT2D eigenvalue weighted by atomic mass is 32.2. The molecule has 0 spiro atoms. The fraction of sp³-hybridized carbons (Fsp3) is 0.514. The fourth-order valence-electron chi connectivity index (χ4n) is 6.40. The van der Waals surface area contributed by atoms with Gasteiger partial charge in [-0.25, -0.2) is 27.2 Å². The summed E-state index contributed by atoms with van der Waals surface area (Å²) in [7, 11) is -3.99. The maximum Gasteiger partial charge on any atom is 0.410 e. The van der Waals surface area contributed by atoms with Gasteiger partial charge in [0.1, 0.15) is 41.8 Å². The quantitative estimate of drug-likeness (QED) is 0.0871. The molecule has 2 aliphatic heterocycles. The molecule has 16 nitrogen and oxygen atoms in total. The molecule has 5 rings (SSSR count). The molecule has 298 valence electrons. The molecule has 0 radical (unpaired) electrons. The van der Waals surface area contributed by atoms with Gasteiger partial charge >= 0.3 is 18.2 Å². The van der Waals surface area contributed by atoms with Crippen LogP contribution in [0.15, 0.2) is 55.2 Å². The number of nitrogens with one attached hydrogen (secondary N) is 3. The summed E-state index contributed by atoms with van der Waals surface area (Å²) in [6, 6.07) is 1.45. The van der Waals surface area contributed by atoms with E-state index in [0.29, 0.717) is 24.0 Å². The number of likely N-dealkylation sites (tertiary alicyclic amines) is 1. The van der Waals surface area contributed by atoms with E-state index < -0.39 is 98.8 Å². The summed E-state index contributed by atoms with van der Waals surface area (Å²) < 4.78 is 58.1. The Morgan fingerprint density at radius 1 is 1.11 bits per heavy atom. The number of esters is 1. The average molecular weight is 788 g/mol. The van der Waals surface area contributed by atoms with Crippen molar-refractivity contribution in [3.05, 3.63) is 72.1 Å². The number of carbonyl (C=O) groups is 6. The van der Waals surface area contributed by atoms with Gasteiger partial charge in [0.15, 0.2) is 0 Å². The number of sulfonamides is 1. The zero-order chi connectivity index (χ0) is 40.3. The number of ether oxygens (including phenoxy) is 3. The number of fused-ring (bicyclic) bond motifs is 1. The van der Waals surface area contributed by atoms with Crippen molar-refractivity contribution < 1.29 is 55.8 Å². The van der Waals surface area contributed by atoms with E-state index in [2.05, 4.69) is 21.9 Å². The largest absolute Gasteiger partial charge is 0.460 e. The Balaban J connectivity index is 1.39. The van der Waals surface area contributed by atoms with Gasteiger partial charge < -0.3 is 29.7 Å². The van der Waals surface area contributed by atoms with Crippen molar-refractivity contribution in [2.75, 3.05) is 13.2 Å². The van der Waals surface area contributed by atoms with E-state index in [1.807, 2.05) is 0 Å². The molecule has 2 aliphatic carbocycles. The number of alkyl carbamates (subject to hydrolysis) is 1. The first-order valence-corrected chi connectivity index (χ1v) is 19.4. The highest BCUT2D eigenvalue weighted by molar-refractivity contribution is 7.91. The predicted molar refractivity (Wildman–Crippen MR) is 193 cm³/mol. The van der Waals surface area contributed by atoms with Gasteiger partial charge in [0.25, 0.3) is 5.91 Å². The average Bonchev–Trinajstić information content (AvgIpc) is 4.00. The number of hydrogen-bond donors (Lipinski definition) is 3. The molecule has 4 aliphatic rings. The van der Waals surface area contributed by atoms with Crippen LogP contribution in [0.1, 0.15) is 64.5 Å². The highest BCUT2D eigenvalue weighted by Gasteiger charge is 2.62. The van der Waals surface area contributed by atoms with E-state index in [0.717, 1.165) is 11.0 Å². The molecule has 0 bridgehead atoms. The Bertz CT molecular complexity index is 1910. The minimum Gasteiger partial charge on any atom is -0.460 e. The van der Waals surface area contributed by atoms with Crippen molar-refractivity contribution in [2.24, 2.45) is 5.92 Å². The van der Waals surface area contributed by atoms with Crippen molar-refractivity contribution in [1.82, 2.24) is 25.2 Å². The Morgan fingerprint density at radius 2 is 1.84 bits per heavy atom. The molecule has 55 heavy (non-hydrogen) atoms. The van der Waals surface area contributed by atoms with Crippen LogP contribution in [-0.2, 0) is 56.5 Å². The number of carbonyl (C=O) groups excluding carboxylic acids is 6. The van der Waals surface area contributed by atoms with Crippen molar-refractivity contribution in [3.8, 4) is 0 Å². The topological polar surface area (TPSA) is 207 Å². The fourth-order valence-corrected chi connectivity index (χ4v) is 7.77. The molecule has 5 amide bonds. The third kappa shape index (κ3) is 9.89. The van der Waals surface area contributed by atoms with E-state index in [-0.39, 0.29) is 32.5 Å². The van der Waals surface area contributed by atoms with Crippen molar-refractivity contribution in [3.63, 3.8) is 0 Å². The summed E-state index contributed by atoms with van der Waals surface area (Å²) in [6.07, 6.45) is 4.70. The lowest BCUT2D eigenvalue weighted by molar-refractivity contribution is -0.145. The number of amides is 5. The Labute approximate surface area is 318 Å². The summed E-state index contributed by atoms with van der Waals surface area (Å²) in [5, 5.41) is 4.30. The Kier molecular flexibility index (Phi) is 12.1. The normalized spacial score (nSPS) is 23.8.